The molecule has 1 aromatic carbocycles. The predicted molar refractivity (Wildman–Crippen MR) is 73.4 cm³/mol. The van der Waals surface area contributed by atoms with E-state index in [1.807, 2.05) is 18.2 Å². The van der Waals surface area contributed by atoms with Crippen molar-refractivity contribution in [3.05, 3.63) is 65.0 Å². The molecule has 0 aliphatic rings. The summed E-state index contributed by atoms with van der Waals surface area (Å²) in [6.45, 7) is 4.16. The maximum absolute atomic E-state index is 10.2. The first kappa shape index (κ1) is 12.8. The van der Waals surface area contributed by atoms with Crippen LogP contribution in [0.4, 0.5) is 0 Å². The first-order valence-corrected chi connectivity index (χ1v) is 6.31. The molecule has 0 saturated heterocycles. The Bertz CT molecular complexity index is 508. The van der Waals surface area contributed by atoms with Gasteiger partial charge in [-0.1, -0.05) is 18.2 Å². The molecule has 2 heteroatoms. The van der Waals surface area contributed by atoms with Gasteiger partial charge in [-0.3, -0.25) is 4.98 Å². The number of aliphatic hydroxyl groups excluding tert-OH is 1. The van der Waals surface area contributed by atoms with Gasteiger partial charge in [-0.05, 0) is 61.1 Å². The second kappa shape index (κ2) is 5.78. The summed E-state index contributed by atoms with van der Waals surface area (Å²) in [6, 6.07) is 10.1. The number of aliphatic hydroxyl groups is 1. The van der Waals surface area contributed by atoms with E-state index in [4.69, 9.17) is 0 Å². The fraction of sp³-hybridized carbons (Fsp3) is 0.312. The lowest BCUT2D eigenvalue weighted by Crippen LogP contribution is -2.00. The van der Waals surface area contributed by atoms with Crippen LogP contribution in [0.15, 0.2) is 42.7 Å². The van der Waals surface area contributed by atoms with E-state index in [1.165, 1.54) is 16.7 Å². The van der Waals surface area contributed by atoms with Crippen LogP contribution in [0.1, 0.15) is 34.8 Å². The number of benzene rings is 1. The second-order valence-corrected chi connectivity index (χ2v) is 4.75. The maximum Gasteiger partial charge on any atom is 0.0793 e. The molecule has 2 rings (SSSR count). The SMILES string of the molecule is Cc1ccc(C(O)CCc2ccncc2)cc1C. The zero-order valence-electron chi connectivity index (χ0n) is 10.9. The molecule has 2 aromatic rings. The van der Waals surface area contributed by atoms with Crippen LogP contribution in [-0.2, 0) is 6.42 Å². The Morgan fingerprint density at radius 1 is 1.06 bits per heavy atom. The van der Waals surface area contributed by atoms with Gasteiger partial charge < -0.3 is 5.11 Å². The van der Waals surface area contributed by atoms with E-state index >= 15 is 0 Å². The molecule has 1 atom stereocenters. The highest BCUT2D eigenvalue weighted by atomic mass is 16.3. The fourth-order valence-corrected chi connectivity index (χ4v) is 1.99. The minimum atomic E-state index is -0.391. The number of aryl methyl sites for hydroxylation is 3. The van der Waals surface area contributed by atoms with Crippen molar-refractivity contribution in [3.63, 3.8) is 0 Å². The van der Waals surface area contributed by atoms with Crippen LogP contribution in [0.3, 0.4) is 0 Å². The van der Waals surface area contributed by atoms with Crippen molar-refractivity contribution in [1.82, 2.24) is 4.98 Å². The van der Waals surface area contributed by atoms with Crippen molar-refractivity contribution in [3.8, 4) is 0 Å². The molecular formula is C16H19NO. The molecule has 1 aromatic heterocycles. The van der Waals surface area contributed by atoms with Crippen LogP contribution in [0, 0.1) is 13.8 Å². The van der Waals surface area contributed by atoms with E-state index in [9.17, 15) is 5.11 Å². The Hall–Kier alpha value is -1.67. The first-order chi connectivity index (χ1) is 8.66. The molecule has 0 aliphatic heterocycles. The number of rotatable bonds is 4. The Kier molecular flexibility index (Phi) is 4.11. The number of nitrogens with zero attached hydrogens (tertiary/aromatic N) is 1. The van der Waals surface area contributed by atoms with Gasteiger partial charge in [0.1, 0.15) is 0 Å². The monoisotopic (exact) mass is 241 g/mol. The molecule has 94 valence electrons. The zero-order valence-corrected chi connectivity index (χ0v) is 10.9. The highest BCUT2D eigenvalue weighted by molar-refractivity contribution is 5.31. The molecule has 1 unspecified atom stereocenters. The summed E-state index contributed by atoms with van der Waals surface area (Å²) < 4.78 is 0. The van der Waals surface area contributed by atoms with Gasteiger partial charge >= 0.3 is 0 Å². The van der Waals surface area contributed by atoms with E-state index in [0.717, 1.165) is 18.4 Å². The Morgan fingerprint density at radius 2 is 1.78 bits per heavy atom. The largest absolute Gasteiger partial charge is 0.388 e. The van der Waals surface area contributed by atoms with Gasteiger partial charge in [0.2, 0.25) is 0 Å². The third-order valence-corrected chi connectivity index (χ3v) is 3.37. The minimum absolute atomic E-state index is 0.391. The molecule has 1 N–H and O–H groups in total. The lowest BCUT2D eigenvalue weighted by molar-refractivity contribution is 0.168. The quantitative estimate of drug-likeness (QED) is 0.890. The van der Waals surface area contributed by atoms with Crippen molar-refractivity contribution < 1.29 is 5.11 Å². The van der Waals surface area contributed by atoms with Crippen LogP contribution < -0.4 is 0 Å². The summed E-state index contributed by atoms with van der Waals surface area (Å²) in [5.41, 5.74) is 4.72. The van der Waals surface area contributed by atoms with Crippen molar-refractivity contribution in [2.75, 3.05) is 0 Å². The van der Waals surface area contributed by atoms with E-state index in [-0.39, 0.29) is 0 Å². The molecule has 0 bridgehead atoms. The standard InChI is InChI=1S/C16H19NO/c1-12-3-5-15(11-13(12)2)16(18)6-4-14-7-9-17-10-8-14/h3,5,7-11,16,18H,4,6H2,1-2H3. The van der Waals surface area contributed by atoms with E-state index in [0.29, 0.717) is 0 Å². The van der Waals surface area contributed by atoms with Crippen LogP contribution >= 0.6 is 0 Å². The van der Waals surface area contributed by atoms with Crippen molar-refractivity contribution in [1.29, 1.82) is 0 Å². The Labute approximate surface area is 108 Å². The molecule has 0 aliphatic carbocycles. The van der Waals surface area contributed by atoms with Crippen molar-refractivity contribution >= 4 is 0 Å². The molecule has 0 amide bonds. The Balaban J connectivity index is 1.99. The summed E-state index contributed by atoms with van der Waals surface area (Å²) in [7, 11) is 0. The van der Waals surface area contributed by atoms with Gasteiger partial charge in [0, 0.05) is 12.4 Å². The van der Waals surface area contributed by atoms with Gasteiger partial charge in [0.25, 0.3) is 0 Å². The molecule has 18 heavy (non-hydrogen) atoms. The van der Waals surface area contributed by atoms with Gasteiger partial charge in [-0.15, -0.1) is 0 Å². The van der Waals surface area contributed by atoms with Gasteiger partial charge in [0.15, 0.2) is 0 Å². The van der Waals surface area contributed by atoms with E-state index < -0.39 is 6.10 Å². The average molecular weight is 241 g/mol. The molecular weight excluding hydrogens is 222 g/mol. The summed E-state index contributed by atoms with van der Waals surface area (Å²) in [6.07, 6.45) is 4.80. The number of hydrogen-bond acceptors (Lipinski definition) is 2. The van der Waals surface area contributed by atoms with Gasteiger partial charge in [0.05, 0.1) is 6.10 Å². The second-order valence-electron chi connectivity index (χ2n) is 4.75. The van der Waals surface area contributed by atoms with Crippen molar-refractivity contribution in [2.45, 2.75) is 32.8 Å². The lowest BCUT2D eigenvalue weighted by Gasteiger charge is -2.12. The Morgan fingerprint density at radius 3 is 2.44 bits per heavy atom. The molecule has 0 fully saturated rings. The maximum atomic E-state index is 10.2. The lowest BCUT2D eigenvalue weighted by atomic mass is 9.98. The molecule has 0 saturated carbocycles. The normalized spacial score (nSPS) is 12.4. The third kappa shape index (κ3) is 3.17. The smallest absolute Gasteiger partial charge is 0.0793 e. The summed E-state index contributed by atoms with van der Waals surface area (Å²) in [4.78, 5) is 3.99. The zero-order chi connectivity index (χ0) is 13.0. The van der Waals surface area contributed by atoms with E-state index in [2.05, 4.69) is 31.0 Å². The molecule has 0 radical (unpaired) electrons. The van der Waals surface area contributed by atoms with Crippen LogP contribution in [0.25, 0.3) is 0 Å². The highest BCUT2D eigenvalue weighted by Gasteiger charge is 2.08. The van der Waals surface area contributed by atoms with Crippen LogP contribution in [-0.4, -0.2) is 10.1 Å². The minimum Gasteiger partial charge on any atom is -0.388 e. The highest BCUT2D eigenvalue weighted by Crippen LogP contribution is 2.21. The number of pyridine rings is 1. The molecule has 1 heterocycles. The predicted octanol–water partition coefficient (Wildman–Crippen LogP) is 3.36. The third-order valence-electron chi connectivity index (χ3n) is 3.37. The van der Waals surface area contributed by atoms with Crippen molar-refractivity contribution in [2.24, 2.45) is 0 Å². The number of hydrogen-bond donors (Lipinski definition) is 1. The summed E-state index contributed by atoms with van der Waals surface area (Å²) in [5.74, 6) is 0. The van der Waals surface area contributed by atoms with E-state index in [1.54, 1.807) is 12.4 Å². The average Bonchev–Trinajstić information content (AvgIpc) is 2.40. The summed E-state index contributed by atoms with van der Waals surface area (Å²) >= 11 is 0. The van der Waals surface area contributed by atoms with Crippen LogP contribution in [0.5, 0.6) is 0 Å². The van der Waals surface area contributed by atoms with Gasteiger partial charge in [-0.2, -0.15) is 0 Å². The number of aromatic nitrogens is 1. The fourth-order valence-electron chi connectivity index (χ4n) is 1.99. The molecule has 2 nitrogen and oxygen atoms in total. The summed E-state index contributed by atoms with van der Waals surface area (Å²) in [5, 5.41) is 10.2. The first-order valence-electron chi connectivity index (χ1n) is 6.31. The molecule has 0 spiro atoms. The van der Waals surface area contributed by atoms with Crippen LogP contribution in [0.2, 0.25) is 0 Å². The topological polar surface area (TPSA) is 33.1 Å². The van der Waals surface area contributed by atoms with Gasteiger partial charge in [-0.25, -0.2) is 0 Å².